The summed E-state index contributed by atoms with van der Waals surface area (Å²) in [6.45, 7) is 2.53. The topological polar surface area (TPSA) is 52.6 Å². The molecule has 0 aromatic heterocycles. The quantitative estimate of drug-likeness (QED) is 0.593. The Balaban J connectivity index is 2.46. The molecule has 0 N–H and O–H groups in total. The van der Waals surface area contributed by atoms with E-state index >= 15 is 0 Å². The third kappa shape index (κ3) is 2.90. The molecular weight excluding hydrogens is 172 g/mol. The number of aldehydes is 1. The van der Waals surface area contributed by atoms with E-state index in [1.807, 2.05) is 0 Å². The van der Waals surface area contributed by atoms with Crippen molar-refractivity contribution in [3.8, 4) is 0 Å². The molecule has 1 aliphatic rings. The van der Waals surface area contributed by atoms with Gasteiger partial charge in [-0.2, -0.15) is 0 Å². The number of rotatable bonds is 5. The number of ketones is 1. The molecule has 1 fully saturated rings. The van der Waals surface area contributed by atoms with E-state index in [-0.39, 0.29) is 12.2 Å². The number of hydrogen-bond acceptors (Lipinski definition) is 4. The highest BCUT2D eigenvalue weighted by Gasteiger charge is 2.35. The van der Waals surface area contributed by atoms with Crippen molar-refractivity contribution in [2.45, 2.75) is 32.0 Å². The lowest BCUT2D eigenvalue weighted by atomic mass is 10.1. The van der Waals surface area contributed by atoms with Crippen LogP contribution in [0.1, 0.15) is 26.2 Å². The average Bonchev–Trinajstić information content (AvgIpc) is 2.51. The van der Waals surface area contributed by atoms with E-state index in [0.717, 1.165) is 6.29 Å². The molecule has 13 heavy (non-hydrogen) atoms. The van der Waals surface area contributed by atoms with Crippen molar-refractivity contribution in [1.29, 1.82) is 0 Å². The van der Waals surface area contributed by atoms with E-state index in [0.29, 0.717) is 26.1 Å². The first kappa shape index (κ1) is 10.3. The van der Waals surface area contributed by atoms with E-state index < -0.39 is 5.79 Å². The third-order valence-corrected chi connectivity index (χ3v) is 2.07. The molecule has 0 aromatic carbocycles. The Kier molecular flexibility index (Phi) is 3.57. The highest BCUT2D eigenvalue weighted by molar-refractivity contribution is 5.75. The van der Waals surface area contributed by atoms with Crippen LogP contribution in [-0.2, 0) is 19.1 Å². The van der Waals surface area contributed by atoms with Gasteiger partial charge in [-0.25, -0.2) is 0 Å². The summed E-state index contributed by atoms with van der Waals surface area (Å²) < 4.78 is 10.7. The summed E-state index contributed by atoms with van der Waals surface area (Å²) in [5.74, 6) is -0.725. The summed E-state index contributed by atoms with van der Waals surface area (Å²) in [5.41, 5.74) is 0. The molecule has 0 amide bonds. The maximum absolute atomic E-state index is 10.7. The van der Waals surface area contributed by atoms with Crippen molar-refractivity contribution >= 4 is 12.1 Å². The summed E-state index contributed by atoms with van der Waals surface area (Å²) in [4.78, 5) is 21.1. The van der Waals surface area contributed by atoms with E-state index in [4.69, 9.17) is 9.47 Å². The Labute approximate surface area is 77.2 Å². The predicted molar refractivity (Wildman–Crippen MR) is 45.2 cm³/mol. The summed E-state index contributed by atoms with van der Waals surface area (Å²) in [7, 11) is 0. The van der Waals surface area contributed by atoms with Gasteiger partial charge in [0.15, 0.2) is 5.79 Å². The second kappa shape index (κ2) is 4.48. The van der Waals surface area contributed by atoms with Gasteiger partial charge in [0, 0.05) is 12.8 Å². The summed E-state index contributed by atoms with van der Waals surface area (Å²) in [6, 6.07) is 0. The minimum atomic E-state index is -0.812. The van der Waals surface area contributed by atoms with Gasteiger partial charge in [-0.05, 0) is 6.92 Å². The van der Waals surface area contributed by atoms with E-state index in [1.54, 1.807) is 0 Å². The SMILES string of the molecule is CC(=O)CCC1(CC=O)OCCO1. The highest BCUT2D eigenvalue weighted by Crippen LogP contribution is 2.27. The van der Waals surface area contributed by atoms with E-state index in [2.05, 4.69) is 0 Å². The largest absolute Gasteiger partial charge is 0.347 e. The molecule has 0 unspecified atom stereocenters. The molecule has 1 aliphatic heterocycles. The Morgan fingerprint density at radius 1 is 1.46 bits per heavy atom. The van der Waals surface area contributed by atoms with Crippen LogP contribution in [0.2, 0.25) is 0 Å². The molecule has 0 aromatic rings. The van der Waals surface area contributed by atoms with Gasteiger partial charge >= 0.3 is 0 Å². The van der Waals surface area contributed by atoms with Crippen LogP contribution in [0.3, 0.4) is 0 Å². The van der Waals surface area contributed by atoms with Crippen molar-refractivity contribution in [1.82, 2.24) is 0 Å². The molecule has 0 radical (unpaired) electrons. The van der Waals surface area contributed by atoms with Gasteiger partial charge in [-0.15, -0.1) is 0 Å². The number of hydrogen-bond donors (Lipinski definition) is 0. The van der Waals surface area contributed by atoms with Gasteiger partial charge < -0.3 is 19.1 Å². The van der Waals surface area contributed by atoms with Crippen LogP contribution in [0.5, 0.6) is 0 Å². The average molecular weight is 186 g/mol. The number of ether oxygens (including phenoxy) is 2. The minimum absolute atomic E-state index is 0.0874. The molecule has 1 rings (SSSR count). The minimum Gasteiger partial charge on any atom is -0.347 e. The van der Waals surface area contributed by atoms with Crippen molar-refractivity contribution in [2.75, 3.05) is 13.2 Å². The smallest absolute Gasteiger partial charge is 0.175 e. The van der Waals surface area contributed by atoms with Crippen LogP contribution < -0.4 is 0 Å². The summed E-state index contributed by atoms with van der Waals surface area (Å²) in [6.07, 6.45) is 1.85. The number of carbonyl (C=O) groups is 2. The van der Waals surface area contributed by atoms with Gasteiger partial charge in [0.05, 0.1) is 19.6 Å². The molecule has 0 atom stereocenters. The first-order chi connectivity index (χ1) is 6.18. The van der Waals surface area contributed by atoms with Crippen LogP contribution in [0.15, 0.2) is 0 Å². The fourth-order valence-electron chi connectivity index (χ4n) is 1.35. The third-order valence-electron chi connectivity index (χ3n) is 2.07. The lowest BCUT2D eigenvalue weighted by molar-refractivity contribution is -0.169. The number of carbonyl (C=O) groups excluding carboxylic acids is 2. The fourth-order valence-corrected chi connectivity index (χ4v) is 1.35. The molecule has 1 saturated heterocycles. The maximum atomic E-state index is 10.7. The number of Topliss-reactive ketones (excluding diaryl/α,β-unsaturated/α-hetero) is 1. The van der Waals surface area contributed by atoms with Crippen LogP contribution in [0.25, 0.3) is 0 Å². The second-order valence-electron chi connectivity index (χ2n) is 3.18. The molecule has 0 spiro atoms. The van der Waals surface area contributed by atoms with Crippen LogP contribution in [0, 0.1) is 0 Å². The Bertz CT molecular complexity index is 194. The molecule has 0 bridgehead atoms. The molecule has 0 saturated carbocycles. The molecule has 74 valence electrons. The van der Waals surface area contributed by atoms with Crippen LogP contribution in [-0.4, -0.2) is 31.1 Å². The monoisotopic (exact) mass is 186 g/mol. The van der Waals surface area contributed by atoms with Gasteiger partial charge in [-0.3, -0.25) is 0 Å². The zero-order chi connectivity index (χ0) is 9.73. The maximum Gasteiger partial charge on any atom is 0.175 e. The van der Waals surface area contributed by atoms with Crippen molar-refractivity contribution in [3.63, 3.8) is 0 Å². The van der Waals surface area contributed by atoms with Crippen molar-refractivity contribution in [3.05, 3.63) is 0 Å². The first-order valence-electron chi connectivity index (χ1n) is 4.39. The molecule has 1 heterocycles. The van der Waals surface area contributed by atoms with Crippen molar-refractivity contribution in [2.24, 2.45) is 0 Å². The highest BCUT2D eigenvalue weighted by atomic mass is 16.7. The lowest BCUT2D eigenvalue weighted by Crippen LogP contribution is -2.31. The Morgan fingerprint density at radius 3 is 2.54 bits per heavy atom. The molecule has 4 heteroatoms. The summed E-state index contributed by atoms with van der Waals surface area (Å²) in [5, 5.41) is 0. The van der Waals surface area contributed by atoms with Gasteiger partial charge in [-0.1, -0.05) is 0 Å². The van der Waals surface area contributed by atoms with Gasteiger partial charge in [0.25, 0.3) is 0 Å². The summed E-state index contributed by atoms with van der Waals surface area (Å²) >= 11 is 0. The standard InChI is InChI=1S/C9H14O4/c1-8(11)2-3-9(4-5-10)12-6-7-13-9/h5H,2-4,6-7H2,1H3. The first-order valence-corrected chi connectivity index (χ1v) is 4.39. The molecular formula is C9H14O4. The Hall–Kier alpha value is -0.740. The van der Waals surface area contributed by atoms with Crippen LogP contribution in [0.4, 0.5) is 0 Å². The fraction of sp³-hybridized carbons (Fsp3) is 0.778. The van der Waals surface area contributed by atoms with Gasteiger partial charge in [0.2, 0.25) is 0 Å². The normalized spacial score (nSPS) is 20.1. The van der Waals surface area contributed by atoms with Crippen LogP contribution >= 0.6 is 0 Å². The zero-order valence-corrected chi connectivity index (χ0v) is 7.75. The molecule has 4 nitrogen and oxygen atoms in total. The van der Waals surface area contributed by atoms with Crippen molar-refractivity contribution < 1.29 is 19.1 Å². The lowest BCUT2D eigenvalue weighted by Gasteiger charge is -2.24. The van der Waals surface area contributed by atoms with E-state index in [9.17, 15) is 9.59 Å². The zero-order valence-electron chi connectivity index (χ0n) is 7.75. The molecule has 0 aliphatic carbocycles. The van der Waals surface area contributed by atoms with E-state index in [1.165, 1.54) is 6.92 Å². The predicted octanol–water partition coefficient (Wildman–Crippen LogP) is 0.688. The van der Waals surface area contributed by atoms with Gasteiger partial charge in [0.1, 0.15) is 12.1 Å². The second-order valence-corrected chi connectivity index (χ2v) is 3.18. The Morgan fingerprint density at radius 2 is 2.08 bits per heavy atom.